The van der Waals surface area contributed by atoms with Crippen LogP contribution in [0.25, 0.3) is 0 Å². The SMILES string of the molecule is CC(C)C1(C)CC(=O)N(c2cccc(Br)c2)C1=O. The first-order valence-electron chi connectivity index (χ1n) is 5.99. The van der Waals surface area contributed by atoms with E-state index in [0.29, 0.717) is 5.69 Å². The number of carbonyl (C=O) groups excluding carboxylic acids is 2. The first kappa shape index (κ1) is 13.3. The normalized spacial score (nSPS) is 24.2. The zero-order valence-electron chi connectivity index (χ0n) is 10.7. The summed E-state index contributed by atoms with van der Waals surface area (Å²) in [5.74, 6) is -0.0685. The van der Waals surface area contributed by atoms with Gasteiger partial charge in [0.05, 0.1) is 11.1 Å². The van der Waals surface area contributed by atoms with E-state index in [-0.39, 0.29) is 24.2 Å². The molecule has 0 radical (unpaired) electrons. The van der Waals surface area contributed by atoms with Crippen molar-refractivity contribution in [2.75, 3.05) is 4.90 Å². The molecule has 96 valence electrons. The molecule has 4 heteroatoms. The van der Waals surface area contributed by atoms with Gasteiger partial charge in [-0.25, -0.2) is 0 Å². The Bertz CT molecular complexity index is 512. The van der Waals surface area contributed by atoms with Crippen LogP contribution in [0.3, 0.4) is 0 Å². The lowest BCUT2D eigenvalue weighted by Gasteiger charge is -2.26. The molecule has 0 saturated carbocycles. The molecule has 1 fully saturated rings. The molecule has 2 amide bonds. The smallest absolute Gasteiger partial charge is 0.240 e. The van der Waals surface area contributed by atoms with Gasteiger partial charge >= 0.3 is 0 Å². The molecule has 1 aromatic rings. The van der Waals surface area contributed by atoms with Crippen molar-refractivity contribution >= 4 is 33.4 Å². The molecule has 1 aliphatic heterocycles. The van der Waals surface area contributed by atoms with Gasteiger partial charge in [-0.3, -0.25) is 14.5 Å². The van der Waals surface area contributed by atoms with Crippen LogP contribution in [0, 0.1) is 11.3 Å². The Morgan fingerprint density at radius 3 is 2.50 bits per heavy atom. The number of imide groups is 1. The molecule has 2 rings (SSSR count). The fraction of sp³-hybridized carbons (Fsp3) is 0.429. The third kappa shape index (κ3) is 1.99. The van der Waals surface area contributed by atoms with Gasteiger partial charge in [0.25, 0.3) is 0 Å². The molecule has 1 aliphatic rings. The molecule has 0 bridgehead atoms. The van der Waals surface area contributed by atoms with Gasteiger partial charge in [-0.1, -0.05) is 35.8 Å². The first-order valence-corrected chi connectivity index (χ1v) is 6.78. The summed E-state index contributed by atoms with van der Waals surface area (Å²) >= 11 is 3.36. The summed E-state index contributed by atoms with van der Waals surface area (Å²) in [6.07, 6.45) is 0.288. The number of benzene rings is 1. The molecule has 1 atom stereocenters. The van der Waals surface area contributed by atoms with Crippen LogP contribution in [0.4, 0.5) is 5.69 Å². The van der Waals surface area contributed by atoms with Crippen molar-refractivity contribution < 1.29 is 9.59 Å². The van der Waals surface area contributed by atoms with Gasteiger partial charge in [0, 0.05) is 10.9 Å². The van der Waals surface area contributed by atoms with Crippen LogP contribution in [0.2, 0.25) is 0 Å². The van der Waals surface area contributed by atoms with E-state index in [0.717, 1.165) is 4.47 Å². The van der Waals surface area contributed by atoms with Crippen LogP contribution >= 0.6 is 15.9 Å². The quantitative estimate of drug-likeness (QED) is 0.785. The molecule has 18 heavy (non-hydrogen) atoms. The number of anilines is 1. The number of carbonyl (C=O) groups is 2. The number of hydrogen-bond acceptors (Lipinski definition) is 2. The predicted octanol–water partition coefficient (Wildman–Crippen LogP) is 3.37. The summed E-state index contributed by atoms with van der Waals surface area (Å²) in [4.78, 5) is 25.9. The molecule has 0 aliphatic carbocycles. The maximum atomic E-state index is 12.5. The first-order chi connectivity index (χ1) is 8.36. The molecule has 1 heterocycles. The summed E-state index contributed by atoms with van der Waals surface area (Å²) in [5.41, 5.74) is 0.0584. The highest BCUT2D eigenvalue weighted by Crippen LogP contribution is 2.41. The highest BCUT2D eigenvalue weighted by atomic mass is 79.9. The van der Waals surface area contributed by atoms with Crippen molar-refractivity contribution in [1.82, 2.24) is 0 Å². The van der Waals surface area contributed by atoms with Gasteiger partial charge in [0.15, 0.2) is 0 Å². The zero-order valence-corrected chi connectivity index (χ0v) is 12.3. The molecule has 1 aromatic carbocycles. The Balaban J connectivity index is 2.42. The van der Waals surface area contributed by atoms with Crippen molar-refractivity contribution in [2.24, 2.45) is 11.3 Å². The van der Waals surface area contributed by atoms with Crippen LogP contribution in [-0.2, 0) is 9.59 Å². The minimum Gasteiger partial charge on any atom is -0.274 e. The molecule has 0 aromatic heterocycles. The zero-order chi connectivity index (χ0) is 13.5. The number of hydrogen-bond donors (Lipinski definition) is 0. The van der Waals surface area contributed by atoms with Crippen LogP contribution in [0.15, 0.2) is 28.7 Å². The van der Waals surface area contributed by atoms with Gasteiger partial charge in [0.1, 0.15) is 0 Å². The molecule has 1 saturated heterocycles. The average molecular weight is 310 g/mol. The second-order valence-electron chi connectivity index (χ2n) is 5.26. The Morgan fingerprint density at radius 2 is 2.00 bits per heavy atom. The van der Waals surface area contributed by atoms with Crippen LogP contribution in [0.5, 0.6) is 0 Å². The average Bonchev–Trinajstić information content (AvgIpc) is 2.51. The van der Waals surface area contributed by atoms with Gasteiger partial charge in [0.2, 0.25) is 11.8 Å². The van der Waals surface area contributed by atoms with Crippen molar-refractivity contribution in [1.29, 1.82) is 0 Å². The molecule has 1 unspecified atom stereocenters. The van der Waals surface area contributed by atoms with Crippen LogP contribution < -0.4 is 4.90 Å². The fourth-order valence-electron chi connectivity index (χ4n) is 2.17. The van der Waals surface area contributed by atoms with E-state index in [9.17, 15) is 9.59 Å². The molecule has 3 nitrogen and oxygen atoms in total. The lowest BCUT2D eigenvalue weighted by Crippen LogP contribution is -2.36. The number of amides is 2. The van der Waals surface area contributed by atoms with Gasteiger partial charge in [-0.15, -0.1) is 0 Å². The molecular formula is C14H16BrNO2. The summed E-state index contributed by atoms with van der Waals surface area (Å²) in [6.45, 7) is 5.83. The third-order valence-electron chi connectivity index (χ3n) is 3.80. The standard InChI is InChI=1S/C14H16BrNO2/c1-9(2)14(3)8-12(17)16(13(14)18)11-6-4-5-10(15)7-11/h4-7,9H,8H2,1-3H3. The van der Waals surface area contributed by atoms with Crippen molar-refractivity contribution in [3.05, 3.63) is 28.7 Å². The summed E-state index contributed by atoms with van der Waals surface area (Å²) in [6, 6.07) is 7.27. The van der Waals surface area contributed by atoms with Crippen molar-refractivity contribution in [2.45, 2.75) is 27.2 Å². The van der Waals surface area contributed by atoms with E-state index in [1.54, 1.807) is 12.1 Å². The fourth-order valence-corrected chi connectivity index (χ4v) is 2.55. The predicted molar refractivity (Wildman–Crippen MR) is 74.2 cm³/mol. The second-order valence-corrected chi connectivity index (χ2v) is 6.18. The van der Waals surface area contributed by atoms with Crippen molar-refractivity contribution in [3.8, 4) is 0 Å². The minimum atomic E-state index is -0.584. The van der Waals surface area contributed by atoms with Crippen molar-refractivity contribution in [3.63, 3.8) is 0 Å². The van der Waals surface area contributed by atoms with Crippen LogP contribution in [-0.4, -0.2) is 11.8 Å². The van der Waals surface area contributed by atoms with E-state index in [4.69, 9.17) is 0 Å². The van der Waals surface area contributed by atoms with E-state index in [1.165, 1.54) is 4.90 Å². The second kappa shape index (κ2) is 4.50. The largest absolute Gasteiger partial charge is 0.274 e. The third-order valence-corrected chi connectivity index (χ3v) is 4.29. The molecular weight excluding hydrogens is 294 g/mol. The lowest BCUT2D eigenvalue weighted by atomic mass is 9.78. The Kier molecular flexibility index (Phi) is 3.32. The number of nitrogens with zero attached hydrogens (tertiary/aromatic N) is 1. The van der Waals surface area contributed by atoms with Gasteiger partial charge in [-0.05, 0) is 31.0 Å². The van der Waals surface area contributed by atoms with Gasteiger partial charge < -0.3 is 0 Å². The Labute approximate surface area is 115 Å². The topological polar surface area (TPSA) is 37.4 Å². The summed E-state index contributed by atoms with van der Waals surface area (Å²) in [7, 11) is 0. The van der Waals surface area contributed by atoms with E-state index >= 15 is 0 Å². The molecule has 0 N–H and O–H groups in total. The highest BCUT2D eigenvalue weighted by molar-refractivity contribution is 9.10. The van der Waals surface area contributed by atoms with Crippen LogP contribution in [0.1, 0.15) is 27.2 Å². The summed E-state index contributed by atoms with van der Waals surface area (Å²) in [5, 5.41) is 0. The monoisotopic (exact) mass is 309 g/mol. The lowest BCUT2D eigenvalue weighted by molar-refractivity contribution is -0.126. The molecule has 0 spiro atoms. The van der Waals surface area contributed by atoms with E-state index in [2.05, 4.69) is 15.9 Å². The number of halogens is 1. The van der Waals surface area contributed by atoms with Gasteiger partial charge in [-0.2, -0.15) is 0 Å². The minimum absolute atomic E-state index is 0.0967. The van der Waals surface area contributed by atoms with E-state index < -0.39 is 5.41 Å². The summed E-state index contributed by atoms with van der Waals surface area (Å²) < 4.78 is 0.860. The Morgan fingerprint density at radius 1 is 1.33 bits per heavy atom. The Hall–Kier alpha value is -1.16. The maximum Gasteiger partial charge on any atom is 0.240 e. The number of rotatable bonds is 2. The highest BCUT2D eigenvalue weighted by Gasteiger charge is 2.50. The van der Waals surface area contributed by atoms with E-state index in [1.807, 2.05) is 32.9 Å². The maximum absolute atomic E-state index is 12.5.